The van der Waals surface area contributed by atoms with Crippen LogP contribution in [0.15, 0.2) is 29.2 Å². The van der Waals surface area contributed by atoms with Crippen molar-refractivity contribution in [2.75, 3.05) is 13.6 Å². The summed E-state index contributed by atoms with van der Waals surface area (Å²) in [6, 6.07) is 7.88. The number of rotatable bonds is 8. The molecule has 0 aliphatic heterocycles. The van der Waals surface area contributed by atoms with Gasteiger partial charge in [0.2, 0.25) is 10.0 Å². The minimum absolute atomic E-state index is 0.435. The van der Waals surface area contributed by atoms with Crippen LogP contribution in [0.2, 0.25) is 0 Å². The van der Waals surface area contributed by atoms with Crippen LogP contribution < -0.4 is 5.32 Å². The van der Waals surface area contributed by atoms with Crippen molar-refractivity contribution in [1.82, 2.24) is 9.62 Å². The molecule has 1 fully saturated rings. The first-order valence-corrected chi connectivity index (χ1v) is 9.13. The molecule has 1 N–H and O–H groups in total. The van der Waals surface area contributed by atoms with E-state index in [1.807, 2.05) is 12.1 Å². The second kappa shape index (κ2) is 6.90. The maximum absolute atomic E-state index is 12.7. The second-order valence-electron chi connectivity index (χ2n) is 6.27. The summed E-state index contributed by atoms with van der Waals surface area (Å²) in [4.78, 5) is 0.435. The largest absolute Gasteiger partial charge is 0.310 e. The van der Waals surface area contributed by atoms with Gasteiger partial charge in [-0.05, 0) is 36.8 Å². The van der Waals surface area contributed by atoms with Gasteiger partial charge in [0, 0.05) is 26.2 Å². The summed E-state index contributed by atoms with van der Waals surface area (Å²) < 4.78 is 26.9. The van der Waals surface area contributed by atoms with Crippen LogP contribution >= 0.6 is 0 Å². The molecule has 0 radical (unpaired) electrons. The zero-order valence-corrected chi connectivity index (χ0v) is 14.0. The molecule has 0 amide bonds. The van der Waals surface area contributed by atoms with Crippen molar-refractivity contribution >= 4 is 10.0 Å². The quantitative estimate of drug-likeness (QED) is 0.803. The molecule has 1 aliphatic rings. The average molecular weight is 310 g/mol. The lowest BCUT2D eigenvalue weighted by atomic mass is 10.1. The minimum Gasteiger partial charge on any atom is -0.310 e. The van der Waals surface area contributed by atoms with Crippen molar-refractivity contribution in [3.05, 3.63) is 29.8 Å². The number of hydrogen-bond donors (Lipinski definition) is 1. The molecule has 0 bridgehead atoms. The third kappa shape index (κ3) is 4.53. The molecule has 1 aromatic rings. The summed E-state index contributed by atoms with van der Waals surface area (Å²) in [7, 11) is -1.73. The lowest BCUT2D eigenvalue weighted by Crippen LogP contribution is -2.30. The average Bonchev–Trinajstić information content (AvgIpc) is 3.26. The van der Waals surface area contributed by atoms with E-state index in [1.165, 1.54) is 17.1 Å². The van der Waals surface area contributed by atoms with Gasteiger partial charge < -0.3 is 5.32 Å². The van der Waals surface area contributed by atoms with Crippen LogP contribution in [0.4, 0.5) is 0 Å². The van der Waals surface area contributed by atoms with Crippen LogP contribution in [0.5, 0.6) is 0 Å². The Kier molecular flexibility index (Phi) is 5.41. The number of nitrogens with zero attached hydrogens (tertiary/aromatic N) is 1. The van der Waals surface area contributed by atoms with Gasteiger partial charge in [-0.15, -0.1) is 0 Å². The van der Waals surface area contributed by atoms with Gasteiger partial charge in [0.05, 0.1) is 4.90 Å². The van der Waals surface area contributed by atoms with E-state index in [-0.39, 0.29) is 0 Å². The van der Waals surface area contributed by atoms with Crippen LogP contribution in [0.1, 0.15) is 38.7 Å². The summed E-state index contributed by atoms with van der Waals surface area (Å²) in [6.45, 7) is 5.39. The molecule has 1 aromatic carbocycles. The van der Waals surface area contributed by atoms with Gasteiger partial charge >= 0.3 is 0 Å². The fraction of sp³-hybridized carbons (Fsp3) is 0.625. The van der Waals surface area contributed by atoms with Crippen molar-refractivity contribution in [2.45, 2.75) is 50.6 Å². The van der Waals surface area contributed by atoms with Crippen molar-refractivity contribution in [1.29, 1.82) is 0 Å². The predicted octanol–water partition coefficient (Wildman–Crippen LogP) is 2.61. The molecule has 0 spiro atoms. The Morgan fingerprint density at radius 1 is 1.29 bits per heavy atom. The Labute approximate surface area is 128 Å². The Morgan fingerprint density at radius 2 is 1.95 bits per heavy atom. The van der Waals surface area contributed by atoms with E-state index >= 15 is 0 Å². The zero-order valence-electron chi connectivity index (χ0n) is 13.2. The fourth-order valence-electron chi connectivity index (χ4n) is 2.17. The Morgan fingerprint density at radius 3 is 2.57 bits per heavy atom. The molecular formula is C16H26N2O2S. The lowest BCUT2D eigenvalue weighted by Gasteiger charge is -2.20. The highest BCUT2D eigenvalue weighted by molar-refractivity contribution is 7.89. The Hall–Kier alpha value is -0.910. The highest BCUT2D eigenvalue weighted by Gasteiger charge is 2.25. The van der Waals surface area contributed by atoms with E-state index in [0.717, 1.165) is 12.0 Å². The van der Waals surface area contributed by atoms with Gasteiger partial charge in [-0.25, -0.2) is 12.7 Å². The number of benzene rings is 1. The molecule has 5 heteroatoms. The van der Waals surface area contributed by atoms with Crippen LogP contribution in [0, 0.1) is 5.92 Å². The van der Waals surface area contributed by atoms with E-state index < -0.39 is 10.0 Å². The van der Waals surface area contributed by atoms with Gasteiger partial charge in [0.25, 0.3) is 0 Å². The minimum atomic E-state index is -3.40. The smallest absolute Gasteiger partial charge is 0.243 e. The maximum Gasteiger partial charge on any atom is 0.243 e. The van der Waals surface area contributed by atoms with Crippen molar-refractivity contribution in [2.24, 2.45) is 5.92 Å². The first-order valence-electron chi connectivity index (χ1n) is 7.69. The van der Waals surface area contributed by atoms with Gasteiger partial charge in [0.15, 0.2) is 0 Å². The molecule has 2 rings (SSSR count). The van der Waals surface area contributed by atoms with Gasteiger partial charge in [0.1, 0.15) is 0 Å². The third-order valence-electron chi connectivity index (χ3n) is 3.84. The third-order valence-corrected chi connectivity index (χ3v) is 5.80. The normalized spacial score (nSPS) is 15.9. The number of hydrogen-bond acceptors (Lipinski definition) is 3. The van der Waals surface area contributed by atoms with Gasteiger partial charge in [-0.2, -0.15) is 0 Å². The molecule has 1 saturated carbocycles. The van der Waals surface area contributed by atoms with E-state index in [0.29, 0.717) is 29.9 Å². The maximum atomic E-state index is 12.7. The summed E-state index contributed by atoms with van der Waals surface area (Å²) >= 11 is 0. The molecule has 0 saturated heterocycles. The first kappa shape index (κ1) is 16.5. The zero-order chi connectivity index (χ0) is 15.5. The molecule has 118 valence electrons. The Balaban J connectivity index is 2.13. The summed E-state index contributed by atoms with van der Waals surface area (Å²) in [5.41, 5.74) is 0.862. The highest BCUT2D eigenvalue weighted by atomic mass is 32.2. The summed E-state index contributed by atoms with van der Waals surface area (Å²) in [5.74, 6) is 0.495. The fourth-order valence-corrected chi connectivity index (χ4v) is 3.57. The molecule has 0 aromatic heterocycles. The highest BCUT2D eigenvalue weighted by Crippen LogP contribution is 2.23. The SMILES string of the molecule is CC(C)CCN(C)S(=O)(=O)c1ccccc1CNC1CC1. The molecule has 0 atom stereocenters. The molecule has 1 aliphatic carbocycles. The van der Waals surface area contributed by atoms with Crippen molar-refractivity contribution in [3.8, 4) is 0 Å². The lowest BCUT2D eigenvalue weighted by molar-refractivity contribution is 0.427. The number of nitrogens with one attached hydrogen (secondary N) is 1. The van der Waals surface area contributed by atoms with E-state index in [4.69, 9.17) is 0 Å². The Bertz CT molecular complexity index is 565. The molecule has 21 heavy (non-hydrogen) atoms. The van der Waals surface area contributed by atoms with Crippen LogP contribution in [-0.2, 0) is 16.6 Å². The second-order valence-corrected chi connectivity index (χ2v) is 8.29. The van der Waals surface area contributed by atoms with Crippen LogP contribution in [-0.4, -0.2) is 32.4 Å². The van der Waals surface area contributed by atoms with Gasteiger partial charge in [-0.1, -0.05) is 32.0 Å². The van der Waals surface area contributed by atoms with E-state index in [1.54, 1.807) is 19.2 Å². The molecular weight excluding hydrogens is 284 g/mol. The van der Waals surface area contributed by atoms with Crippen LogP contribution in [0.25, 0.3) is 0 Å². The van der Waals surface area contributed by atoms with E-state index in [2.05, 4.69) is 19.2 Å². The number of sulfonamides is 1. The topological polar surface area (TPSA) is 49.4 Å². The van der Waals surface area contributed by atoms with Gasteiger partial charge in [-0.3, -0.25) is 0 Å². The standard InChI is InChI=1S/C16H26N2O2S/c1-13(2)10-11-18(3)21(19,20)16-7-5-4-6-14(16)12-17-15-8-9-15/h4-7,13,15,17H,8-12H2,1-3H3. The predicted molar refractivity (Wildman–Crippen MR) is 85.6 cm³/mol. The molecule has 4 nitrogen and oxygen atoms in total. The van der Waals surface area contributed by atoms with Crippen molar-refractivity contribution in [3.63, 3.8) is 0 Å². The summed E-state index contributed by atoms with van der Waals surface area (Å²) in [6.07, 6.45) is 3.27. The first-order chi connectivity index (χ1) is 9.91. The molecule has 0 unspecified atom stereocenters. The van der Waals surface area contributed by atoms with E-state index in [9.17, 15) is 8.42 Å². The monoisotopic (exact) mass is 310 g/mol. The van der Waals surface area contributed by atoms with Crippen molar-refractivity contribution < 1.29 is 8.42 Å². The van der Waals surface area contributed by atoms with Crippen LogP contribution in [0.3, 0.4) is 0 Å². The molecule has 0 heterocycles. The summed E-state index contributed by atoms with van der Waals surface area (Å²) in [5, 5.41) is 3.39.